The topological polar surface area (TPSA) is 69.6 Å². The Labute approximate surface area is 66.2 Å². The maximum atomic E-state index is 10.1. The molecule has 66 valence electrons. The van der Waals surface area contributed by atoms with Crippen molar-refractivity contribution < 1.29 is 15.0 Å². The summed E-state index contributed by atoms with van der Waals surface area (Å²) >= 11 is 0. The number of hydrogen-bond acceptors (Lipinski definition) is 3. The van der Waals surface area contributed by atoms with E-state index < -0.39 is 17.6 Å². The highest BCUT2D eigenvalue weighted by molar-refractivity contribution is 5.69. The molecule has 0 amide bonds. The summed E-state index contributed by atoms with van der Waals surface area (Å²) in [5.41, 5.74) is -0.543. The van der Waals surface area contributed by atoms with E-state index in [2.05, 4.69) is 5.32 Å². The molecule has 0 aliphatic carbocycles. The summed E-state index contributed by atoms with van der Waals surface area (Å²) in [7, 11) is 0. The van der Waals surface area contributed by atoms with Gasteiger partial charge in [0.15, 0.2) is 0 Å². The Morgan fingerprint density at radius 3 is 2.36 bits per heavy atom. The predicted octanol–water partition coefficient (Wildman–Crippen LogP) is -0.180. The van der Waals surface area contributed by atoms with Crippen molar-refractivity contribution in [3.8, 4) is 0 Å². The molecule has 11 heavy (non-hydrogen) atoms. The van der Waals surface area contributed by atoms with Gasteiger partial charge in [0.25, 0.3) is 0 Å². The van der Waals surface area contributed by atoms with E-state index in [9.17, 15) is 4.79 Å². The molecule has 0 saturated heterocycles. The fraction of sp³-hybridized carbons (Fsp3) is 0.857. The van der Waals surface area contributed by atoms with E-state index in [1.165, 1.54) is 0 Å². The summed E-state index contributed by atoms with van der Waals surface area (Å²) in [6.07, 6.45) is -0.568. The predicted molar refractivity (Wildman–Crippen MR) is 41.4 cm³/mol. The summed E-state index contributed by atoms with van der Waals surface area (Å²) in [4.78, 5) is 10.1. The first-order valence-electron chi connectivity index (χ1n) is 3.51. The lowest BCUT2D eigenvalue weighted by atomic mass is 9.99. The van der Waals surface area contributed by atoms with Crippen molar-refractivity contribution in [2.75, 3.05) is 6.54 Å². The lowest BCUT2D eigenvalue weighted by molar-refractivity contribution is -0.136. The first-order chi connectivity index (χ1) is 4.86. The standard InChI is InChI=1S/C7H15NO3/c1-5(9)7(2,3)8-4-6(10)11/h5,8-9H,4H2,1-3H3,(H,10,11). The quantitative estimate of drug-likeness (QED) is 0.535. The van der Waals surface area contributed by atoms with Gasteiger partial charge in [-0.1, -0.05) is 0 Å². The number of aliphatic hydroxyl groups is 1. The molecule has 0 spiro atoms. The molecule has 0 aromatic carbocycles. The number of rotatable bonds is 4. The highest BCUT2D eigenvalue weighted by Gasteiger charge is 2.23. The zero-order valence-electron chi connectivity index (χ0n) is 7.09. The number of aliphatic hydroxyl groups excluding tert-OH is 1. The second kappa shape index (κ2) is 3.69. The van der Waals surface area contributed by atoms with Crippen LogP contribution in [0.5, 0.6) is 0 Å². The molecule has 0 bridgehead atoms. The molecule has 0 aliphatic heterocycles. The first kappa shape index (κ1) is 10.4. The van der Waals surface area contributed by atoms with E-state index in [-0.39, 0.29) is 6.54 Å². The average molecular weight is 161 g/mol. The van der Waals surface area contributed by atoms with E-state index in [1.807, 2.05) is 0 Å². The molecule has 1 atom stereocenters. The first-order valence-corrected chi connectivity index (χ1v) is 3.51. The Bertz CT molecular complexity index is 143. The van der Waals surface area contributed by atoms with Gasteiger partial charge in [0.2, 0.25) is 0 Å². The van der Waals surface area contributed by atoms with Crippen molar-refractivity contribution in [3.05, 3.63) is 0 Å². The van der Waals surface area contributed by atoms with Crippen LogP contribution in [0.1, 0.15) is 20.8 Å². The van der Waals surface area contributed by atoms with Crippen LogP contribution in [0.15, 0.2) is 0 Å². The second-order valence-electron chi connectivity index (χ2n) is 3.14. The van der Waals surface area contributed by atoms with E-state index >= 15 is 0 Å². The van der Waals surface area contributed by atoms with E-state index in [0.717, 1.165) is 0 Å². The third-order valence-corrected chi connectivity index (χ3v) is 1.74. The molecule has 0 heterocycles. The second-order valence-corrected chi connectivity index (χ2v) is 3.14. The third kappa shape index (κ3) is 3.95. The molecule has 4 heteroatoms. The van der Waals surface area contributed by atoms with Crippen LogP contribution >= 0.6 is 0 Å². The van der Waals surface area contributed by atoms with E-state index in [0.29, 0.717) is 0 Å². The molecular weight excluding hydrogens is 146 g/mol. The van der Waals surface area contributed by atoms with Gasteiger partial charge in [0.1, 0.15) is 0 Å². The summed E-state index contributed by atoms with van der Waals surface area (Å²) in [6, 6.07) is 0. The zero-order chi connectivity index (χ0) is 9.07. The molecule has 0 rings (SSSR count). The van der Waals surface area contributed by atoms with Crippen LogP contribution in [-0.2, 0) is 4.79 Å². The van der Waals surface area contributed by atoms with Crippen LogP contribution in [0.25, 0.3) is 0 Å². The fourth-order valence-corrected chi connectivity index (χ4v) is 0.451. The monoisotopic (exact) mass is 161 g/mol. The lowest BCUT2D eigenvalue weighted by Crippen LogP contribution is -2.49. The number of aliphatic carboxylic acids is 1. The van der Waals surface area contributed by atoms with Gasteiger partial charge in [-0.25, -0.2) is 0 Å². The van der Waals surface area contributed by atoms with Crippen molar-refractivity contribution in [2.24, 2.45) is 0 Å². The van der Waals surface area contributed by atoms with Gasteiger partial charge in [0, 0.05) is 5.54 Å². The van der Waals surface area contributed by atoms with Crippen LogP contribution in [0, 0.1) is 0 Å². The molecule has 0 radical (unpaired) electrons. The van der Waals surface area contributed by atoms with Gasteiger partial charge in [-0.2, -0.15) is 0 Å². The molecule has 0 aromatic heterocycles. The van der Waals surface area contributed by atoms with Crippen LogP contribution in [0.3, 0.4) is 0 Å². The van der Waals surface area contributed by atoms with Crippen LogP contribution in [0.4, 0.5) is 0 Å². The Kier molecular flexibility index (Phi) is 3.48. The Morgan fingerprint density at radius 2 is 2.09 bits per heavy atom. The minimum absolute atomic E-state index is 0.127. The number of carbonyl (C=O) groups is 1. The van der Waals surface area contributed by atoms with Gasteiger partial charge >= 0.3 is 5.97 Å². The van der Waals surface area contributed by atoms with Gasteiger partial charge in [-0.3, -0.25) is 10.1 Å². The smallest absolute Gasteiger partial charge is 0.317 e. The van der Waals surface area contributed by atoms with Gasteiger partial charge in [-0.05, 0) is 20.8 Å². The highest BCUT2D eigenvalue weighted by atomic mass is 16.4. The number of carboxylic acid groups (broad SMARTS) is 1. The van der Waals surface area contributed by atoms with Crippen LogP contribution < -0.4 is 5.32 Å². The third-order valence-electron chi connectivity index (χ3n) is 1.74. The van der Waals surface area contributed by atoms with Crippen molar-refractivity contribution in [1.29, 1.82) is 0 Å². The van der Waals surface area contributed by atoms with Crippen molar-refractivity contribution in [1.82, 2.24) is 5.32 Å². The summed E-state index contributed by atoms with van der Waals surface area (Å²) < 4.78 is 0. The van der Waals surface area contributed by atoms with Gasteiger partial charge in [-0.15, -0.1) is 0 Å². The van der Waals surface area contributed by atoms with Gasteiger partial charge in [0.05, 0.1) is 12.6 Å². The Balaban J connectivity index is 3.82. The van der Waals surface area contributed by atoms with Crippen molar-refractivity contribution in [2.45, 2.75) is 32.4 Å². The molecular formula is C7H15NO3. The molecule has 0 fully saturated rings. The van der Waals surface area contributed by atoms with Crippen molar-refractivity contribution >= 4 is 5.97 Å². The minimum atomic E-state index is -0.918. The van der Waals surface area contributed by atoms with Crippen LogP contribution in [-0.4, -0.2) is 34.4 Å². The molecule has 1 unspecified atom stereocenters. The zero-order valence-corrected chi connectivity index (χ0v) is 7.09. The van der Waals surface area contributed by atoms with E-state index in [1.54, 1.807) is 20.8 Å². The Morgan fingerprint density at radius 1 is 1.64 bits per heavy atom. The fourth-order valence-electron chi connectivity index (χ4n) is 0.451. The molecule has 0 aromatic rings. The molecule has 0 saturated carbocycles. The maximum absolute atomic E-state index is 10.1. The SMILES string of the molecule is CC(O)C(C)(C)NCC(=O)O. The average Bonchev–Trinajstić information content (AvgIpc) is 1.84. The minimum Gasteiger partial charge on any atom is -0.480 e. The van der Waals surface area contributed by atoms with Crippen molar-refractivity contribution in [3.63, 3.8) is 0 Å². The molecule has 3 N–H and O–H groups in total. The summed E-state index contributed by atoms with van der Waals surface area (Å²) in [6.45, 7) is 4.99. The highest BCUT2D eigenvalue weighted by Crippen LogP contribution is 2.06. The van der Waals surface area contributed by atoms with E-state index in [4.69, 9.17) is 10.2 Å². The summed E-state index contributed by atoms with van der Waals surface area (Å²) in [5.74, 6) is -0.918. The van der Waals surface area contributed by atoms with Gasteiger partial charge < -0.3 is 10.2 Å². The summed E-state index contributed by atoms with van der Waals surface area (Å²) in [5, 5.41) is 20.2. The lowest BCUT2D eigenvalue weighted by Gasteiger charge is -2.28. The number of carboxylic acids is 1. The maximum Gasteiger partial charge on any atom is 0.317 e. The largest absolute Gasteiger partial charge is 0.480 e. The number of nitrogens with one attached hydrogen (secondary N) is 1. The normalized spacial score (nSPS) is 14.5. The molecule has 4 nitrogen and oxygen atoms in total. The Hall–Kier alpha value is -0.610. The number of hydrogen-bond donors (Lipinski definition) is 3. The van der Waals surface area contributed by atoms with Crippen LogP contribution in [0.2, 0.25) is 0 Å². The molecule has 0 aliphatic rings.